The van der Waals surface area contributed by atoms with E-state index in [2.05, 4.69) is 6.58 Å². The first-order valence-corrected chi connectivity index (χ1v) is 3.45. The average Bonchev–Trinajstić information content (AvgIpc) is 1.36. The van der Waals surface area contributed by atoms with Crippen LogP contribution in [0.3, 0.4) is 0 Å². The van der Waals surface area contributed by atoms with Crippen LogP contribution < -0.4 is 0 Å². The minimum absolute atomic E-state index is 0.336. The fraction of sp³-hybridized carbons (Fsp3) is 0.333. The number of rotatable bonds is 1. The number of alkyl halides is 2. The van der Waals surface area contributed by atoms with Gasteiger partial charge in [-0.1, -0.05) is 5.20 Å². The first kappa shape index (κ1) is 6.54. The van der Waals surface area contributed by atoms with Gasteiger partial charge in [0, 0.05) is 10.2 Å². The molecule has 0 aliphatic carbocycles. The Morgan fingerprint density at radius 1 is 1.67 bits per heavy atom. The van der Waals surface area contributed by atoms with E-state index in [0.29, 0.717) is 0 Å². The maximum Gasteiger partial charge on any atom is 0.124 e. The Kier molecular flexibility index (Phi) is 2.91. The molecule has 0 radical (unpaired) electrons. The van der Waals surface area contributed by atoms with Crippen LogP contribution in [0.1, 0.15) is 0 Å². The lowest BCUT2D eigenvalue weighted by atomic mass is 10.7. The third kappa shape index (κ3) is 2.76. The number of allylic oxidation sites excluding steroid dienone is 1. The largest absolute Gasteiger partial charge is 0.124 e. The molecule has 0 aliphatic heterocycles. The summed E-state index contributed by atoms with van der Waals surface area (Å²) in [6.07, 6.45) is 0. The fourth-order valence-corrected chi connectivity index (χ4v) is 0. The molecule has 0 aliphatic rings. The van der Waals surface area contributed by atoms with Gasteiger partial charge in [-0.05, 0) is 0 Å². The fourth-order valence-electron chi connectivity index (χ4n) is 0. The normalized spacial score (nSPS) is 9.83. The zero-order valence-corrected chi connectivity index (χ0v) is 7.05. The van der Waals surface area contributed by atoms with Crippen LogP contribution in [0.2, 0.25) is 0 Å². The second-order valence-electron chi connectivity index (χ2n) is 1.15. The summed E-state index contributed by atoms with van der Waals surface area (Å²) in [5.74, 6) is 0. The molecule has 0 heterocycles. The van der Waals surface area contributed by atoms with Gasteiger partial charge in [-0.15, -0.1) is 29.8 Å². The molecule has 0 atom stereocenters. The topological polar surface area (TPSA) is 0 Å². The van der Waals surface area contributed by atoms with Gasteiger partial charge in [0.2, 0.25) is 0 Å². The molecule has 0 saturated heterocycles. The minimum atomic E-state index is -0.336. The molecule has 0 aromatic rings. The van der Waals surface area contributed by atoms with Crippen molar-refractivity contribution in [2.75, 3.05) is 0 Å². The number of halogens is 2. The lowest BCUT2D eigenvalue weighted by Crippen LogP contribution is -1.88. The summed E-state index contributed by atoms with van der Waals surface area (Å²) >= 11 is 10.6. The van der Waals surface area contributed by atoms with Crippen LogP contribution in [0, 0.1) is 0 Å². The highest BCUT2D eigenvalue weighted by atomic mass is 35.5. The summed E-state index contributed by atoms with van der Waals surface area (Å²) in [4.78, 5) is -0.336. The van der Waals surface area contributed by atoms with Crippen LogP contribution in [0.15, 0.2) is 11.8 Å². The first-order valence-electron chi connectivity index (χ1n) is 1.58. The van der Waals surface area contributed by atoms with Crippen LogP contribution >= 0.6 is 23.2 Å². The van der Waals surface area contributed by atoms with E-state index in [9.17, 15) is 0 Å². The third-order valence-corrected chi connectivity index (χ3v) is 2.43. The van der Waals surface area contributed by atoms with Gasteiger partial charge in [-0.25, -0.2) is 0 Å². The van der Waals surface area contributed by atoms with Crippen molar-refractivity contribution in [3.05, 3.63) is 11.8 Å². The standard InChI is InChI=1S/C3H6Cl2Si/c1-2(6)3(4)5/h3H,1H2,6H3. The SMILES string of the molecule is C=C([SiH3])C(Cl)Cl. The molecule has 3 heteroatoms. The lowest BCUT2D eigenvalue weighted by Gasteiger charge is -1.92. The Balaban J connectivity index is 3.26. The molecule has 0 aromatic carbocycles. The van der Waals surface area contributed by atoms with Gasteiger partial charge in [-0.2, -0.15) is 0 Å². The monoisotopic (exact) mass is 140 g/mol. The van der Waals surface area contributed by atoms with E-state index in [-0.39, 0.29) is 4.84 Å². The highest BCUT2D eigenvalue weighted by Gasteiger charge is 1.93. The molecule has 0 aromatic heterocycles. The second kappa shape index (κ2) is 2.67. The second-order valence-corrected chi connectivity index (χ2v) is 3.53. The van der Waals surface area contributed by atoms with Crippen molar-refractivity contribution in [3.63, 3.8) is 0 Å². The minimum Gasteiger partial charge on any atom is -0.102 e. The summed E-state index contributed by atoms with van der Waals surface area (Å²) in [6, 6.07) is 0. The quantitative estimate of drug-likeness (QED) is 0.372. The Morgan fingerprint density at radius 3 is 1.83 bits per heavy atom. The van der Waals surface area contributed by atoms with Gasteiger partial charge in [-0.3, -0.25) is 0 Å². The van der Waals surface area contributed by atoms with Crippen molar-refractivity contribution in [1.29, 1.82) is 0 Å². The van der Waals surface area contributed by atoms with Gasteiger partial charge in [0.1, 0.15) is 4.84 Å². The zero-order valence-electron chi connectivity index (χ0n) is 3.54. The molecular weight excluding hydrogens is 135 g/mol. The van der Waals surface area contributed by atoms with Gasteiger partial charge < -0.3 is 0 Å². The maximum absolute atomic E-state index is 5.31. The Hall–Kier alpha value is 0.537. The van der Waals surface area contributed by atoms with E-state index >= 15 is 0 Å². The Labute approximate surface area is 50.6 Å². The van der Waals surface area contributed by atoms with Gasteiger partial charge in [0.15, 0.2) is 0 Å². The van der Waals surface area contributed by atoms with Crippen molar-refractivity contribution in [2.45, 2.75) is 4.84 Å². The van der Waals surface area contributed by atoms with E-state index in [1.54, 1.807) is 0 Å². The highest BCUT2D eigenvalue weighted by Crippen LogP contribution is 2.06. The van der Waals surface area contributed by atoms with Crippen LogP contribution in [0.25, 0.3) is 0 Å². The van der Waals surface area contributed by atoms with Crippen molar-refractivity contribution in [1.82, 2.24) is 0 Å². The zero-order chi connectivity index (χ0) is 5.15. The van der Waals surface area contributed by atoms with Crippen LogP contribution in [0.4, 0.5) is 0 Å². The lowest BCUT2D eigenvalue weighted by molar-refractivity contribution is 1.57. The van der Waals surface area contributed by atoms with E-state index in [4.69, 9.17) is 23.2 Å². The Morgan fingerprint density at radius 2 is 1.83 bits per heavy atom. The summed E-state index contributed by atoms with van der Waals surface area (Å²) in [5, 5.41) is 0.929. The van der Waals surface area contributed by atoms with Crippen LogP contribution in [-0.2, 0) is 0 Å². The van der Waals surface area contributed by atoms with Gasteiger partial charge >= 0.3 is 0 Å². The molecule has 6 heavy (non-hydrogen) atoms. The maximum atomic E-state index is 5.31. The molecule has 0 bridgehead atoms. The number of hydrogen-bond acceptors (Lipinski definition) is 0. The first-order chi connectivity index (χ1) is 2.64. The Bertz CT molecular complexity index is 59.8. The van der Waals surface area contributed by atoms with Crippen molar-refractivity contribution < 1.29 is 0 Å². The molecule has 0 nitrogen and oxygen atoms in total. The smallest absolute Gasteiger partial charge is 0.102 e. The molecule has 0 unspecified atom stereocenters. The van der Waals surface area contributed by atoms with Crippen molar-refractivity contribution in [2.24, 2.45) is 0 Å². The molecule has 0 fully saturated rings. The molecule has 0 saturated carbocycles. The average molecular weight is 141 g/mol. The van der Waals surface area contributed by atoms with Crippen LogP contribution in [0.5, 0.6) is 0 Å². The van der Waals surface area contributed by atoms with Gasteiger partial charge in [0.05, 0.1) is 0 Å². The summed E-state index contributed by atoms with van der Waals surface area (Å²) in [5.41, 5.74) is 0. The molecule has 36 valence electrons. The third-order valence-electron chi connectivity index (χ3n) is 0.373. The highest BCUT2D eigenvalue weighted by molar-refractivity contribution is 6.50. The molecule has 0 spiro atoms. The number of hydrogen-bond donors (Lipinski definition) is 0. The molecular formula is C3H6Cl2Si. The summed E-state index contributed by atoms with van der Waals surface area (Å²) in [7, 11) is 0.895. The molecule has 0 amide bonds. The van der Waals surface area contributed by atoms with Gasteiger partial charge in [0.25, 0.3) is 0 Å². The van der Waals surface area contributed by atoms with E-state index in [1.165, 1.54) is 0 Å². The predicted molar refractivity (Wildman–Crippen MR) is 34.6 cm³/mol. The summed E-state index contributed by atoms with van der Waals surface area (Å²) < 4.78 is 0. The van der Waals surface area contributed by atoms with Crippen molar-refractivity contribution in [3.8, 4) is 0 Å². The van der Waals surface area contributed by atoms with Crippen molar-refractivity contribution >= 4 is 33.4 Å². The van der Waals surface area contributed by atoms with E-state index < -0.39 is 0 Å². The van der Waals surface area contributed by atoms with Crippen LogP contribution in [-0.4, -0.2) is 15.1 Å². The van der Waals surface area contributed by atoms with E-state index in [0.717, 1.165) is 15.4 Å². The molecule has 0 rings (SSSR count). The summed E-state index contributed by atoms with van der Waals surface area (Å²) in [6.45, 7) is 3.55. The van der Waals surface area contributed by atoms with E-state index in [1.807, 2.05) is 0 Å². The molecule has 0 N–H and O–H groups in total. The predicted octanol–water partition coefficient (Wildman–Crippen LogP) is 0.669.